The fraction of sp³-hybridized carbons (Fsp3) is 0.579. The van der Waals surface area contributed by atoms with Crippen molar-refractivity contribution >= 4 is 11.1 Å². The minimum atomic E-state index is 0.0339. The first-order valence-corrected chi connectivity index (χ1v) is 16.2. The van der Waals surface area contributed by atoms with Crippen molar-refractivity contribution in [3.8, 4) is 11.5 Å². The highest BCUT2D eigenvalue weighted by atomic mass is 16.6. The fourth-order valence-corrected chi connectivity index (χ4v) is 6.67. The van der Waals surface area contributed by atoms with Gasteiger partial charge < -0.3 is 18.9 Å². The van der Waals surface area contributed by atoms with Gasteiger partial charge in [0.05, 0.1) is 13.2 Å². The molecule has 0 amide bonds. The van der Waals surface area contributed by atoms with Crippen molar-refractivity contribution in [2.75, 3.05) is 26.4 Å². The third-order valence-electron chi connectivity index (χ3n) is 9.54. The van der Waals surface area contributed by atoms with Gasteiger partial charge in [0.1, 0.15) is 36.9 Å². The van der Waals surface area contributed by atoms with E-state index < -0.39 is 0 Å². The smallest absolute Gasteiger partial charge is 0.123 e. The van der Waals surface area contributed by atoms with Gasteiger partial charge in [0.2, 0.25) is 0 Å². The minimum Gasteiger partial charge on any atom is -0.490 e. The second-order valence-electron chi connectivity index (χ2n) is 15.0. The first-order chi connectivity index (χ1) is 20.0. The summed E-state index contributed by atoms with van der Waals surface area (Å²) in [5, 5.41) is 0. The van der Waals surface area contributed by atoms with Crippen LogP contribution >= 0.6 is 0 Å². The van der Waals surface area contributed by atoms with Crippen LogP contribution < -0.4 is 9.47 Å². The molecule has 6 rings (SSSR count). The standard InChI is InChI=1S/C38H50O4/c1-37(2,3)33-19-29(15-17-35(33)41-23-31-21-39-31)27-11-7-25(8-12-27)26-9-13-28(14-10-26)30-16-18-36(42-24-32-22-40-32)34(20-30)38(4,5)6/h11,13,15-20,25-26,31-32H,7-10,12,14,21-24H2,1-6H3. The molecule has 0 aromatic heterocycles. The molecule has 4 atom stereocenters. The average molecular weight is 571 g/mol. The molecule has 4 heteroatoms. The zero-order valence-corrected chi connectivity index (χ0v) is 26.6. The van der Waals surface area contributed by atoms with Crippen LogP contribution in [0, 0.1) is 11.8 Å². The van der Waals surface area contributed by atoms with Gasteiger partial charge in [-0.1, -0.05) is 65.8 Å². The monoisotopic (exact) mass is 570 g/mol. The zero-order chi connectivity index (χ0) is 29.5. The summed E-state index contributed by atoms with van der Waals surface area (Å²) >= 11 is 0. The van der Waals surface area contributed by atoms with Gasteiger partial charge in [-0.3, -0.25) is 0 Å². The Hall–Kier alpha value is -2.56. The van der Waals surface area contributed by atoms with Gasteiger partial charge in [0.25, 0.3) is 0 Å². The Labute approximate surface area is 253 Å². The molecule has 2 fully saturated rings. The van der Waals surface area contributed by atoms with Crippen LogP contribution in [0.25, 0.3) is 11.1 Å². The van der Waals surface area contributed by atoms with Crippen molar-refractivity contribution in [3.05, 3.63) is 70.8 Å². The number of epoxide rings is 2. The molecule has 2 heterocycles. The fourth-order valence-electron chi connectivity index (χ4n) is 6.67. The lowest BCUT2D eigenvalue weighted by Crippen LogP contribution is -2.20. The van der Waals surface area contributed by atoms with E-state index in [4.69, 9.17) is 18.9 Å². The highest BCUT2D eigenvalue weighted by Gasteiger charge is 2.30. The van der Waals surface area contributed by atoms with E-state index in [1.54, 1.807) is 0 Å². The molecule has 2 aliphatic carbocycles. The molecule has 2 saturated heterocycles. The van der Waals surface area contributed by atoms with Crippen molar-refractivity contribution in [1.29, 1.82) is 0 Å². The first-order valence-electron chi connectivity index (χ1n) is 16.2. The molecular weight excluding hydrogens is 520 g/mol. The Morgan fingerprint density at radius 1 is 0.643 bits per heavy atom. The number of allylic oxidation sites excluding steroid dienone is 4. The maximum absolute atomic E-state index is 6.16. The predicted octanol–water partition coefficient (Wildman–Crippen LogP) is 8.90. The molecule has 4 nitrogen and oxygen atoms in total. The summed E-state index contributed by atoms with van der Waals surface area (Å²) in [6, 6.07) is 13.7. The van der Waals surface area contributed by atoms with Crippen LogP contribution in [0.5, 0.6) is 11.5 Å². The van der Waals surface area contributed by atoms with Gasteiger partial charge >= 0.3 is 0 Å². The maximum Gasteiger partial charge on any atom is 0.123 e. The van der Waals surface area contributed by atoms with Crippen LogP contribution in [-0.4, -0.2) is 38.6 Å². The molecule has 0 radical (unpaired) electrons. The van der Waals surface area contributed by atoms with Crippen molar-refractivity contribution < 1.29 is 18.9 Å². The lowest BCUT2D eigenvalue weighted by molar-refractivity contribution is 0.258. The van der Waals surface area contributed by atoms with E-state index >= 15 is 0 Å². The predicted molar refractivity (Wildman–Crippen MR) is 171 cm³/mol. The van der Waals surface area contributed by atoms with E-state index in [2.05, 4.69) is 90.1 Å². The quantitative estimate of drug-likeness (QED) is 0.282. The van der Waals surface area contributed by atoms with E-state index in [1.165, 1.54) is 71.9 Å². The van der Waals surface area contributed by atoms with Crippen LogP contribution in [0.1, 0.15) is 102 Å². The minimum absolute atomic E-state index is 0.0339. The second-order valence-corrected chi connectivity index (χ2v) is 15.0. The molecule has 42 heavy (non-hydrogen) atoms. The summed E-state index contributed by atoms with van der Waals surface area (Å²) in [4.78, 5) is 0. The number of hydrogen-bond donors (Lipinski definition) is 0. The highest BCUT2D eigenvalue weighted by molar-refractivity contribution is 5.69. The summed E-state index contributed by atoms with van der Waals surface area (Å²) in [7, 11) is 0. The van der Waals surface area contributed by atoms with Crippen molar-refractivity contribution in [3.63, 3.8) is 0 Å². The van der Waals surface area contributed by atoms with Gasteiger partial charge in [0, 0.05) is 11.1 Å². The van der Waals surface area contributed by atoms with Gasteiger partial charge in [0.15, 0.2) is 0 Å². The molecule has 0 bridgehead atoms. The number of rotatable bonds is 9. The Morgan fingerprint density at radius 2 is 1.05 bits per heavy atom. The van der Waals surface area contributed by atoms with Crippen LogP contribution in [0.4, 0.5) is 0 Å². The van der Waals surface area contributed by atoms with E-state index in [0.29, 0.717) is 13.2 Å². The summed E-state index contributed by atoms with van der Waals surface area (Å²) in [5.41, 5.74) is 8.40. The SMILES string of the molecule is CC(C)(C)c1cc(C2=CCC(C3CC=C(c4ccc(OCC5CO5)c(C(C)(C)C)c4)CC3)CC2)ccc1OCC1CO1. The Kier molecular flexibility index (Phi) is 8.32. The van der Waals surface area contributed by atoms with E-state index in [-0.39, 0.29) is 23.0 Å². The molecule has 0 spiro atoms. The highest BCUT2D eigenvalue weighted by Crippen LogP contribution is 2.43. The Bertz CT molecular complexity index is 1230. The third-order valence-corrected chi connectivity index (χ3v) is 9.54. The molecular formula is C38H50O4. The largest absolute Gasteiger partial charge is 0.490 e. The van der Waals surface area contributed by atoms with E-state index in [9.17, 15) is 0 Å². The molecule has 4 aliphatic rings. The van der Waals surface area contributed by atoms with Crippen molar-refractivity contribution in [2.24, 2.45) is 11.8 Å². The molecule has 4 unspecified atom stereocenters. The van der Waals surface area contributed by atoms with Crippen LogP contribution in [0.3, 0.4) is 0 Å². The van der Waals surface area contributed by atoms with Crippen molar-refractivity contribution in [2.45, 2.75) is 103 Å². The third kappa shape index (κ3) is 7.14. The first kappa shape index (κ1) is 29.5. The molecule has 0 N–H and O–H groups in total. The summed E-state index contributed by atoms with van der Waals surface area (Å²) in [6.07, 6.45) is 12.9. The van der Waals surface area contributed by atoms with Gasteiger partial charge in [-0.05, 0) is 108 Å². The molecule has 2 aromatic rings. The van der Waals surface area contributed by atoms with E-state index in [1.807, 2.05) is 0 Å². The summed E-state index contributed by atoms with van der Waals surface area (Å²) < 4.78 is 23.0. The normalized spacial score (nSPS) is 25.9. The Balaban J connectivity index is 1.10. The molecule has 226 valence electrons. The second kappa shape index (κ2) is 11.8. The van der Waals surface area contributed by atoms with Gasteiger partial charge in [-0.2, -0.15) is 0 Å². The number of benzene rings is 2. The summed E-state index contributed by atoms with van der Waals surface area (Å²) in [6.45, 7) is 16.6. The average Bonchev–Trinajstić information content (AvgIpc) is 3.90. The number of hydrogen-bond acceptors (Lipinski definition) is 4. The van der Waals surface area contributed by atoms with Gasteiger partial charge in [-0.15, -0.1) is 0 Å². The van der Waals surface area contributed by atoms with E-state index in [0.717, 1.165) is 36.5 Å². The molecule has 2 aliphatic heterocycles. The van der Waals surface area contributed by atoms with Crippen LogP contribution in [0.15, 0.2) is 48.6 Å². The van der Waals surface area contributed by atoms with Gasteiger partial charge in [-0.25, -0.2) is 0 Å². The van der Waals surface area contributed by atoms with Crippen molar-refractivity contribution in [1.82, 2.24) is 0 Å². The van der Waals surface area contributed by atoms with Crippen LogP contribution in [0.2, 0.25) is 0 Å². The molecule has 0 saturated carbocycles. The zero-order valence-electron chi connectivity index (χ0n) is 26.6. The van der Waals surface area contributed by atoms with Crippen LogP contribution in [-0.2, 0) is 20.3 Å². The maximum atomic E-state index is 6.16. The topological polar surface area (TPSA) is 43.5 Å². The number of ether oxygens (including phenoxy) is 4. The Morgan fingerprint density at radius 3 is 1.36 bits per heavy atom. The summed E-state index contributed by atoms with van der Waals surface area (Å²) in [5.74, 6) is 3.57. The molecule has 2 aromatic carbocycles. The lowest BCUT2D eigenvalue weighted by Gasteiger charge is -2.33. The lowest BCUT2D eigenvalue weighted by atomic mass is 9.72.